The van der Waals surface area contributed by atoms with Crippen LogP contribution in [-0.4, -0.2) is 43.1 Å². The summed E-state index contributed by atoms with van der Waals surface area (Å²) in [5.74, 6) is 0.977. The second-order valence-electron chi connectivity index (χ2n) is 7.95. The van der Waals surface area contributed by atoms with Gasteiger partial charge in [-0.15, -0.1) is 0 Å². The molecule has 0 unspecified atom stereocenters. The smallest absolute Gasteiger partial charge is 0.255 e. The van der Waals surface area contributed by atoms with Crippen LogP contribution in [0.5, 0.6) is 11.5 Å². The summed E-state index contributed by atoms with van der Waals surface area (Å²) >= 11 is 0. The molecular formula is C26H31N3O3. The Hall–Kier alpha value is -3.41. The summed E-state index contributed by atoms with van der Waals surface area (Å²) < 4.78 is 11.4. The molecule has 0 saturated heterocycles. The van der Waals surface area contributed by atoms with E-state index in [2.05, 4.69) is 39.6 Å². The lowest BCUT2D eigenvalue weighted by atomic mass is 9.85. The van der Waals surface area contributed by atoms with E-state index in [4.69, 9.17) is 9.47 Å². The van der Waals surface area contributed by atoms with Gasteiger partial charge in [-0.05, 0) is 56.9 Å². The number of hydrogen-bond donors (Lipinski definition) is 2. The van der Waals surface area contributed by atoms with E-state index in [0.717, 1.165) is 41.8 Å². The summed E-state index contributed by atoms with van der Waals surface area (Å²) in [5.41, 5.74) is 7.42. The van der Waals surface area contributed by atoms with Crippen LogP contribution in [0.3, 0.4) is 0 Å². The van der Waals surface area contributed by atoms with Gasteiger partial charge in [0, 0.05) is 42.2 Å². The molecule has 1 amide bonds. The van der Waals surface area contributed by atoms with Crippen LogP contribution in [-0.2, 0) is 0 Å². The van der Waals surface area contributed by atoms with Crippen molar-refractivity contribution < 1.29 is 14.3 Å². The Morgan fingerprint density at radius 3 is 2.59 bits per heavy atom. The third-order valence-electron chi connectivity index (χ3n) is 6.07. The minimum absolute atomic E-state index is 0.180. The first-order valence-electron chi connectivity index (χ1n) is 11.2. The quantitative estimate of drug-likeness (QED) is 0.606. The third kappa shape index (κ3) is 3.81. The highest BCUT2D eigenvalue weighted by Crippen LogP contribution is 2.45. The van der Waals surface area contributed by atoms with Crippen LogP contribution in [0.1, 0.15) is 60.3 Å². The molecule has 2 aliphatic rings. The lowest BCUT2D eigenvalue weighted by molar-refractivity contribution is 0.0952. The van der Waals surface area contributed by atoms with Crippen LogP contribution < -0.4 is 14.8 Å². The first kappa shape index (κ1) is 21.8. The first-order valence-corrected chi connectivity index (χ1v) is 11.2. The summed E-state index contributed by atoms with van der Waals surface area (Å²) in [7, 11) is 3.22. The van der Waals surface area contributed by atoms with Gasteiger partial charge in [-0.1, -0.05) is 12.2 Å². The molecule has 0 spiro atoms. The van der Waals surface area contributed by atoms with Crippen molar-refractivity contribution in [1.82, 2.24) is 15.2 Å². The van der Waals surface area contributed by atoms with Gasteiger partial charge in [0.15, 0.2) is 0 Å². The number of aromatic amines is 1. The van der Waals surface area contributed by atoms with E-state index in [9.17, 15) is 4.79 Å². The maximum Gasteiger partial charge on any atom is 0.255 e. The minimum Gasteiger partial charge on any atom is -0.496 e. The zero-order chi connectivity index (χ0) is 22.7. The highest BCUT2D eigenvalue weighted by molar-refractivity contribution is 5.99. The second kappa shape index (κ2) is 9.39. The van der Waals surface area contributed by atoms with Gasteiger partial charge < -0.3 is 24.7 Å². The number of carbonyl (C=O) groups is 1. The number of rotatable bonds is 7. The Morgan fingerprint density at radius 2 is 1.97 bits per heavy atom. The predicted octanol–water partition coefficient (Wildman–Crippen LogP) is 4.96. The normalized spacial score (nSPS) is 15.4. The van der Waals surface area contributed by atoms with Gasteiger partial charge in [0.25, 0.3) is 5.91 Å². The Kier molecular flexibility index (Phi) is 6.40. The van der Waals surface area contributed by atoms with Crippen molar-refractivity contribution >= 4 is 17.2 Å². The van der Waals surface area contributed by atoms with Gasteiger partial charge in [0.2, 0.25) is 0 Å². The summed E-state index contributed by atoms with van der Waals surface area (Å²) in [6, 6.07) is 5.78. The van der Waals surface area contributed by atoms with Crippen LogP contribution in [0.4, 0.5) is 0 Å². The number of ether oxygens (including phenoxy) is 2. The van der Waals surface area contributed by atoms with Crippen molar-refractivity contribution in [3.05, 3.63) is 70.7 Å². The molecule has 2 N–H and O–H groups in total. The molecule has 2 heterocycles. The van der Waals surface area contributed by atoms with Crippen LogP contribution >= 0.6 is 0 Å². The van der Waals surface area contributed by atoms with Gasteiger partial charge in [-0.25, -0.2) is 0 Å². The molecule has 0 radical (unpaired) electrons. The Morgan fingerprint density at radius 1 is 1.19 bits per heavy atom. The van der Waals surface area contributed by atoms with E-state index in [1.807, 2.05) is 26.1 Å². The topological polar surface area (TPSA) is 66.6 Å². The van der Waals surface area contributed by atoms with E-state index in [0.29, 0.717) is 23.6 Å². The number of allylic oxidation sites excluding steroid dienone is 2. The third-order valence-corrected chi connectivity index (χ3v) is 6.07. The SMILES string of the molecule is C/C=C/CN1C=C(c2cc(OC)c(C(=O)NCC)cc2OC)c2cc[nH]c2C1=C1CCC1. The molecule has 1 aliphatic heterocycles. The molecule has 0 bridgehead atoms. The molecule has 4 rings (SSSR count). The molecule has 1 fully saturated rings. The largest absolute Gasteiger partial charge is 0.496 e. The van der Waals surface area contributed by atoms with Gasteiger partial charge in [-0.2, -0.15) is 0 Å². The van der Waals surface area contributed by atoms with E-state index < -0.39 is 0 Å². The van der Waals surface area contributed by atoms with Crippen LogP contribution in [0.15, 0.2) is 48.3 Å². The fourth-order valence-corrected chi connectivity index (χ4v) is 4.31. The van der Waals surface area contributed by atoms with Gasteiger partial charge in [0.1, 0.15) is 11.5 Å². The van der Waals surface area contributed by atoms with E-state index in [1.165, 1.54) is 17.7 Å². The molecule has 1 aliphatic carbocycles. The average molecular weight is 434 g/mol. The lowest BCUT2D eigenvalue weighted by Gasteiger charge is -2.34. The zero-order valence-corrected chi connectivity index (χ0v) is 19.2. The molecular weight excluding hydrogens is 402 g/mol. The molecule has 32 heavy (non-hydrogen) atoms. The molecule has 0 atom stereocenters. The molecule has 1 aromatic carbocycles. The summed E-state index contributed by atoms with van der Waals surface area (Å²) in [4.78, 5) is 18.4. The standard InChI is InChI=1S/C26H31N3O3/c1-5-7-13-29-16-21(18-11-12-28-24(18)25(29)17-9-8-10-17)19-14-23(32-4)20(15-22(19)31-3)26(30)27-6-2/h5,7,11-12,14-16,28H,6,8-10,13H2,1-4H3,(H,27,30)/b7-5+. The average Bonchev–Trinajstić information content (AvgIpc) is 3.26. The molecule has 2 aromatic rings. The number of aromatic nitrogens is 1. The Bertz CT molecular complexity index is 1100. The van der Waals surface area contributed by atoms with E-state index in [-0.39, 0.29) is 5.91 Å². The number of benzene rings is 1. The zero-order valence-electron chi connectivity index (χ0n) is 19.2. The van der Waals surface area contributed by atoms with Crippen molar-refractivity contribution in [2.45, 2.75) is 33.1 Å². The van der Waals surface area contributed by atoms with Crippen LogP contribution in [0.25, 0.3) is 11.3 Å². The number of nitrogens with one attached hydrogen (secondary N) is 2. The van der Waals surface area contributed by atoms with Crippen LogP contribution in [0, 0.1) is 0 Å². The Labute approximate surface area is 189 Å². The molecule has 1 saturated carbocycles. The van der Waals surface area contributed by atoms with Crippen molar-refractivity contribution in [3.8, 4) is 11.5 Å². The van der Waals surface area contributed by atoms with Crippen LogP contribution in [0.2, 0.25) is 0 Å². The number of carbonyl (C=O) groups excluding carboxylic acids is 1. The Balaban J connectivity index is 1.88. The van der Waals surface area contributed by atoms with E-state index >= 15 is 0 Å². The van der Waals surface area contributed by atoms with E-state index in [1.54, 1.807) is 20.3 Å². The molecule has 1 aromatic heterocycles. The van der Waals surface area contributed by atoms with Gasteiger partial charge >= 0.3 is 0 Å². The number of H-pyrrole nitrogens is 1. The summed E-state index contributed by atoms with van der Waals surface area (Å²) in [5, 5.41) is 2.84. The van der Waals surface area contributed by atoms with Gasteiger partial charge in [0.05, 0.1) is 31.2 Å². The summed E-state index contributed by atoms with van der Waals surface area (Å²) in [6.45, 7) is 5.26. The number of fused-ring (bicyclic) bond motifs is 1. The molecule has 6 heteroatoms. The minimum atomic E-state index is -0.180. The highest BCUT2D eigenvalue weighted by atomic mass is 16.5. The fourth-order valence-electron chi connectivity index (χ4n) is 4.31. The monoisotopic (exact) mass is 433 g/mol. The van der Waals surface area contributed by atoms with Crippen molar-refractivity contribution in [1.29, 1.82) is 0 Å². The molecule has 6 nitrogen and oxygen atoms in total. The lowest BCUT2D eigenvalue weighted by Crippen LogP contribution is -2.25. The molecule has 168 valence electrons. The highest BCUT2D eigenvalue weighted by Gasteiger charge is 2.30. The predicted molar refractivity (Wildman–Crippen MR) is 128 cm³/mol. The fraction of sp³-hybridized carbons (Fsp3) is 0.346. The van der Waals surface area contributed by atoms with Crippen molar-refractivity contribution in [2.75, 3.05) is 27.3 Å². The maximum atomic E-state index is 12.6. The van der Waals surface area contributed by atoms with Crippen molar-refractivity contribution in [2.24, 2.45) is 0 Å². The summed E-state index contributed by atoms with van der Waals surface area (Å²) in [6.07, 6.45) is 11.9. The number of nitrogens with zero attached hydrogens (tertiary/aromatic N) is 1. The first-order chi connectivity index (χ1) is 15.6. The van der Waals surface area contributed by atoms with Crippen molar-refractivity contribution in [3.63, 3.8) is 0 Å². The second-order valence-corrected chi connectivity index (χ2v) is 7.95. The number of methoxy groups -OCH3 is 2. The van der Waals surface area contributed by atoms with Gasteiger partial charge in [-0.3, -0.25) is 4.79 Å². The number of hydrogen-bond acceptors (Lipinski definition) is 4. The maximum absolute atomic E-state index is 12.6. The number of amides is 1.